The van der Waals surface area contributed by atoms with Crippen LogP contribution in [0.3, 0.4) is 0 Å². The number of halogens is 1. The van der Waals surface area contributed by atoms with Crippen LogP contribution in [0.1, 0.15) is 26.3 Å². The molecule has 2 aromatic rings. The second-order valence-corrected chi connectivity index (χ2v) is 6.17. The Bertz CT molecular complexity index is 593. The van der Waals surface area contributed by atoms with Gasteiger partial charge < -0.3 is 15.2 Å². The quantitative estimate of drug-likeness (QED) is 0.395. The number of aliphatic imine (C=N–C) groups is 1. The van der Waals surface area contributed by atoms with Gasteiger partial charge in [0, 0.05) is 37.4 Å². The highest BCUT2D eigenvalue weighted by molar-refractivity contribution is 14.0. The average molecular weight is 441 g/mol. The fourth-order valence-corrected chi connectivity index (χ4v) is 2.32. The molecule has 6 heteroatoms. The van der Waals surface area contributed by atoms with Gasteiger partial charge in [-0.2, -0.15) is 0 Å². The molecule has 0 amide bonds. The third kappa shape index (κ3) is 6.51. The van der Waals surface area contributed by atoms with Crippen LogP contribution in [0.15, 0.2) is 54.0 Å². The van der Waals surface area contributed by atoms with Crippen molar-refractivity contribution in [3.05, 3.63) is 54.6 Å². The van der Waals surface area contributed by atoms with Crippen molar-refractivity contribution in [2.24, 2.45) is 4.99 Å². The second kappa shape index (κ2) is 10.3. The van der Waals surface area contributed by atoms with E-state index in [1.54, 1.807) is 6.20 Å². The van der Waals surface area contributed by atoms with Crippen molar-refractivity contribution in [1.29, 1.82) is 0 Å². The van der Waals surface area contributed by atoms with Gasteiger partial charge in [-0.15, -0.1) is 24.0 Å². The van der Waals surface area contributed by atoms with Crippen molar-refractivity contribution in [3.63, 3.8) is 0 Å². The summed E-state index contributed by atoms with van der Waals surface area (Å²) >= 11 is 0. The Labute approximate surface area is 162 Å². The van der Waals surface area contributed by atoms with Crippen LogP contribution in [0, 0.1) is 0 Å². The minimum Gasteiger partial charge on any atom is -0.357 e. The van der Waals surface area contributed by atoms with Crippen molar-refractivity contribution < 1.29 is 0 Å². The van der Waals surface area contributed by atoms with Crippen LogP contribution in [0.5, 0.6) is 0 Å². The van der Waals surface area contributed by atoms with Crippen molar-refractivity contribution in [2.45, 2.75) is 32.7 Å². The van der Waals surface area contributed by atoms with Crippen LogP contribution < -0.4 is 10.6 Å². The van der Waals surface area contributed by atoms with E-state index >= 15 is 0 Å². The topological polar surface area (TPSA) is 54.2 Å². The first-order chi connectivity index (χ1) is 11.1. The van der Waals surface area contributed by atoms with Gasteiger partial charge in [0.05, 0.1) is 12.9 Å². The number of imidazole rings is 1. The lowest BCUT2D eigenvalue weighted by atomic mass is 9.85. The summed E-state index contributed by atoms with van der Waals surface area (Å²) in [6.07, 6.45) is 5.58. The molecular weight excluding hydrogens is 413 g/mol. The maximum absolute atomic E-state index is 4.75. The zero-order valence-electron chi connectivity index (χ0n) is 14.7. The van der Waals surface area contributed by atoms with Crippen LogP contribution in [-0.4, -0.2) is 35.1 Å². The zero-order valence-corrected chi connectivity index (χ0v) is 17.0. The maximum Gasteiger partial charge on any atom is 0.191 e. The third-order valence-electron chi connectivity index (χ3n) is 3.75. The Morgan fingerprint density at radius 1 is 1.21 bits per heavy atom. The van der Waals surface area contributed by atoms with E-state index in [1.807, 2.05) is 23.2 Å². The van der Waals surface area contributed by atoms with Gasteiger partial charge in [-0.25, -0.2) is 4.98 Å². The zero-order chi connectivity index (χ0) is 16.5. The third-order valence-corrected chi connectivity index (χ3v) is 3.75. The molecule has 0 aliphatic heterocycles. The SMILES string of the molecule is CCNC(=NCC(C)(C)c1ccccc1)NCCn1ccnc1.I. The Morgan fingerprint density at radius 3 is 2.58 bits per heavy atom. The lowest BCUT2D eigenvalue weighted by Gasteiger charge is -2.24. The van der Waals surface area contributed by atoms with Crippen LogP contribution >= 0.6 is 24.0 Å². The molecule has 0 spiro atoms. The Balaban J connectivity index is 0.00000288. The molecule has 0 radical (unpaired) electrons. The summed E-state index contributed by atoms with van der Waals surface area (Å²) in [7, 11) is 0. The van der Waals surface area contributed by atoms with E-state index in [0.717, 1.165) is 32.1 Å². The summed E-state index contributed by atoms with van der Waals surface area (Å²) in [5.74, 6) is 0.858. The predicted molar refractivity (Wildman–Crippen MR) is 111 cm³/mol. The number of nitrogens with zero attached hydrogens (tertiary/aromatic N) is 3. The van der Waals surface area contributed by atoms with Crippen LogP contribution in [0.2, 0.25) is 0 Å². The first-order valence-corrected chi connectivity index (χ1v) is 8.15. The van der Waals surface area contributed by atoms with Crippen LogP contribution in [0.4, 0.5) is 0 Å². The Hall–Kier alpha value is -1.57. The number of benzene rings is 1. The van der Waals surface area contributed by atoms with Gasteiger partial charge in [0.1, 0.15) is 0 Å². The highest BCUT2D eigenvalue weighted by Crippen LogP contribution is 2.22. The summed E-state index contributed by atoms with van der Waals surface area (Å²) in [5, 5.41) is 6.67. The lowest BCUT2D eigenvalue weighted by molar-refractivity contribution is 0.536. The van der Waals surface area contributed by atoms with Crippen molar-refractivity contribution in [1.82, 2.24) is 20.2 Å². The highest BCUT2D eigenvalue weighted by atomic mass is 127. The molecule has 2 N–H and O–H groups in total. The van der Waals surface area contributed by atoms with Crippen LogP contribution in [-0.2, 0) is 12.0 Å². The van der Waals surface area contributed by atoms with E-state index in [4.69, 9.17) is 4.99 Å². The first kappa shape index (κ1) is 20.5. The maximum atomic E-state index is 4.75. The summed E-state index contributed by atoms with van der Waals surface area (Å²) in [6, 6.07) is 10.5. The van der Waals surface area contributed by atoms with E-state index in [-0.39, 0.29) is 29.4 Å². The van der Waals surface area contributed by atoms with E-state index in [9.17, 15) is 0 Å². The van der Waals surface area contributed by atoms with Gasteiger partial charge >= 0.3 is 0 Å². The molecule has 0 saturated heterocycles. The molecule has 0 bridgehead atoms. The smallest absolute Gasteiger partial charge is 0.191 e. The molecule has 24 heavy (non-hydrogen) atoms. The van der Waals surface area contributed by atoms with E-state index in [0.29, 0.717) is 0 Å². The van der Waals surface area contributed by atoms with E-state index in [1.165, 1.54) is 5.56 Å². The van der Waals surface area contributed by atoms with Crippen molar-refractivity contribution in [3.8, 4) is 0 Å². The van der Waals surface area contributed by atoms with Crippen molar-refractivity contribution in [2.75, 3.05) is 19.6 Å². The van der Waals surface area contributed by atoms with Gasteiger partial charge in [-0.3, -0.25) is 4.99 Å². The van der Waals surface area contributed by atoms with Crippen molar-refractivity contribution >= 4 is 29.9 Å². The summed E-state index contributed by atoms with van der Waals surface area (Å²) < 4.78 is 2.05. The largest absolute Gasteiger partial charge is 0.357 e. The van der Waals surface area contributed by atoms with Crippen LogP contribution in [0.25, 0.3) is 0 Å². The molecule has 0 fully saturated rings. The number of hydrogen-bond acceptors (Lipinski definition) is 2. The van der Waals surface area contributed by atoms with Gasteiger partial charge in [0.2, 0.25) is 0 Å². The Kier molecular flexibility index (Phi) is 8.81. The molecule has 2 rings (SSSR count). The number of aromatic nitrogens is 2. The fourth-order valence-electron chi connectivity index (χ4n) is 2.32. The fraction of sp³-hybridized carbons (Fsp3) is 0.444. The number of rotatable bonds is 7. The normalized spacial score (nSPS) is 11.7. The number of guanidine groups is 1. The standard InChI is InChI=1S/C18H27N5.HI/c1-4-20-17(21-11-13-23-12-10-19-15-23)22-14-18(2,3)16-8-6-5-7-9-16;/h5-10,12,15H,4,11,13-14H2,1-3H3,(H2,20,21,22);1H. The molecular formula is C18H28IN5. The lowest BCUT2D eigenvalue weighted by Crippen LogP contribution is -2.39. The van der Waals surface area contributed by atoms with Gasteiger partial charge in [-0.05, 0) is 12.5 Å². The average Bonchev–Trinajstić information content (AvgIpc) is 3.07. The molecule has 132 valence electrons. The molecule has 0 saturated carbocycles. The summed E-state index contributed by atoms with van der Waals surface area (Å²) in [5.41, 5.74) is 1.31. The van der Waals surface area contributed by atoms with Gasteiger partial charge in [-0.1, -0.05) is 44.2 Å². The molecule has 0 aliphatic rings. The summed E-state index contributed by atoms with van der Waals surface area (Å²) in [6.45, 7) is 9.79. The number of nitrogens with one attached hydrogen (secondary N) is 2. The molecule has 5 nitrogen and oxygen atoms in total. The monoisotopic (exact) mass is 441 g/mol. The molecule has 0 unspecified atom stereocenters. The molecule has 1 aromatic heterocycles. The first-order valence-electron chi connectivity index (χ1n) is 8.15. The minimum atomic E-state index is 0. The second-order valence-electron chi connectivity index (χ2n) is 6.17. The van der Waals surface area contributed by atoms with E-state index < -0.39 is 0 Å². The Morgan fingerprint density at radius 2 is 1.96 bits per heavy atom. The minimum absolute atomic E-state index is 0. The molecule has 0 aliphatic carbocycles. The molecule has 1 aromatic carbocycles. The highest BCUT2D eigenvalue weighted by Gasteiger charge is 2.19. The van der Waals surface area contributed by atoms with Gasteiger partial charge in [0.15, 0.2) is 5.96 Å². The summed E-state index contributed by atoms with van der Waals surface area (Å²) in [4.78, 5) is 8.80. The van der Waals surface area contributed by atoms with E-state index in [2.05, 4.69) is 60.7 Å². The predicted octanol–water partition coefficient (Wildman–Crippen LogP) is 3.03. The molecule has 0 atom stereocenters. The number of hydrogen-bond donors (Lipinski definition) is 2. The molecule has 1 heterocycles. The van der Waals surface area contributed by atoms with Gasteiger partial charge in [0.25, 0.3) is 0 Å².